The summed E-state index contributed by atoms with van der Waals surface area (Å²) >= 11 is 0. The van der Waals surface area contributed by atoms with Crippen molar-refractivity contribution in [2.45, 2.75) is 25.2 Å². The highest BCUT2D eigenvalue weighted by molar-refractivity contribution is 7.90. The zero-order valence-corrected chi connectivity index (χ0v) is 15.7. The number of likely N-dealkylation sites (N-methyl/N-ethyl adjacent to an activating group) is 1. The van der Waals surface area contributed by atoms with E-state index >= 15 is 0 Å². The van der Waals surface area contributed by atoms with E-state index in [1.54, 1.807) is 30.5 Å². The first-order valence-electron chi connectivity index (χ1n) is 8.08. The van der Waals surface area contributed by atoms with Crippen LogP contribution in [0.25, 0.3) is 10.9 Å². The van der Waals surface area contributed by atoms with Gasteiger partial charge in [-0.05, 0) is 64.2 Å². The molecule has 0 spiro atoms. The Hall–Kier alpha value is -2.18. The molecule has 3 rings (SSSR count). The second-order valence-corrected chi connectivity index (χ2v) is 8.27. The van der Waals surface area contributed by atoms with Crippen LogP contribution in [0.15, 0.2) is 53.6 Å². The lowest BCUT2D eigenvalue weighted by Gasteiger charge is -2.18. The van der Waals surface area contributed by atoms with Crippen LogP contribution in [0, 0.1) is 13.0 Å². The maximum Gasteiger partial charge on any atom is 0.283 e. The fraction of sp³-hybridized carbons (Fsp3) is 0.263. The molecule has 0 aliphatic heterocycles. The molecular weight excluding hydrogens is 334 g/mol. The molecule has 1 aromatic heterocycles. The normalized spacial score (nSPS) is 12.4. The van der Waals surface area contributed by atoms with Crippen LogP contribution in [-0.4, -0.2) is 36.6 Å². The molecule has 0 N–H and O–H groups in total. The Morgan fingerprint density at radius 1 is 1.12 bits per heavy atom. The molecule has 0 saturated heterocycles. The van der Waals surface area contributed by atoms with E-state index in [2.05, 4.69) is 16.9 Å². The number of aromatic nitrogens is 2. The van der Waals surface area contributed by atoms with Crippen molar-refractivity contribution in [2.75, 3.05) is 14.1 Å². The molecule has 25 heavy (non-hydrogen) atoms. The van der Waals surface area contributed by atoms with Gasteiger partial charge >= 0.3 is 0 Å². The third kappa shape index (κ3) is 3.45. The molecule has 0 bridgehead atoms. The van der Waals surface area contributed by atoms with Gasteiger partial charge in [0.25, 0.3) is 10.0 Å². The third-order valence-electron chi connectivity index (χ3n) is 4.37. The van der Waals surface area contributed by atoms with Crippen molar-refractivity contribution in [3.63, 3.8) is 0 Å². The molecule has 1 heterocycles. The summed E-state index contributed by atoms with van der Waals surface area (Å²) in [7, 11) is 0.332. The Kier molecular flexibility index (Phi) is 4.67. The molecule has 1 radical (unpaired) electrons. The molecular formula is C19H22N3O2S. The van der Waals surface area contributed by atoms with E-state index < -0.39 is 10.0 Å². The largest absolute Gasteiger partial charge is 0.302 e. The first kappa shape index (κ1) is 17.6. The molecule has 0 atom stereocenters. The summed E-state index contributed by atoms with van der Waals surface area (Å²) in [5, 5.41) is 4.95. The summed E-state index contributed by atoms with van der Waals surface area (Å²) in [5.41, 5.74) is 2.74. The Balaban J connectivity index is 1.99. The van der Waals surface area contributed by atoms with Gasteiger partial charge in [0.05, 0.1) is 16.6 Å². The monoisotopic (exact) mass is 356 g/mol. The van der Waals surface area contributed by atoms with E-state index in [9.17, 15) is 8.42 Å². The molecule has 0 aliphatic rings. The SMILES string of the molecule is C[C](Cc1ccc2c(cnn2S(=O)(=O)c2ccc(C)cc2)c1)N(C)C. The van der Waals surface area contributed by atoms with Gasteiger partial charge in [-0.15, -0.1) is 0 Å². The molecule has 0 saturated carbocycles. The standard InChI is InChI=1S/C19H22N3O2S/c1-14-5-8-18(9-6-14)25(23,24)22-19-10-7-16(11-15(2)21(3)4)12-17(19)13-20-22/h5-10,12-13H,11H2,1-4H3. The highest BCUT2D eigenvalue weighted by Crippen LogP contribution is 2.23. The Morgan fingerprint density at radius 2 is 1.80 bits per heavy atom. The number of aryl methyl sites for hydroxylation is 1. The molecule has 0 amide bonds. The average Bonchev–Trinajstić information content (AvgIpc) is 2.99. The summed E-state index contributed by atoms with van der Waals surface area (Å²) in [6, 6.07) is 13.8. The lowest BCUT2D eigenvalue weighted by Crippen LogP contribution is -2.18. The minimum atomic E-state index is -3.70. The van der Waals surface area contributed by atoms with Crippen molar-refractivity contribution in [1.29, 1.82) is 0 Å². The van der Waals surface area contributed by atoms with Gasteiger partial charge in [0.15, 0.2) is 0 Å². The van der Waals surface area contributed by atoms with Gasteiger partial charge in [-0.25, -0.2) is 0 Å². The minimum absolute atomic E-state index is 0.240. The number of nitrogens with zero attached hydrogens (tertiary/aromatic N) is 3. The second-order valence-electron chi connectivity index (χ2n) is 6.51. The predicted octanol–water partition coefficient (Wildman–Crippen LogP) is 3.24. The van der Waals surface area contributed by atoms with Crippen molar-refractivity contribution >= 4 is 20.9 Å². The van der Waals surface area contributed by atoms with Crippen LogP contribution in [0.3, 0.4) is 0 Å². The number of rotatable bonds is 5. The molecule has 3 aromatic rings. The molecule has 6 heteroatoms. The van der Waals surface area contributed by atoms with Crippen molar-refractivity contribution in [3.8, 4) is 0 Å². The smallest absolute Gasteiger partial charge is 0.283 e. The summed E-state index contributed by atoms with van der Waals surface area (Å²) in [6.45, 7) is 4.00. The van der Waals surface area contributed by atoms with E-state index in [1.807, 2.05) is 39.2 Å². The molecule has 0 unspecified atom stereocenters. The summed E-state index contributed by atoms with van der Waals surface area (Å²) < 4.78 is 26.8. The maximum absolute atomic E-state index is 12.9. The molecule has 131 valence electrons. The van der Waals surface area contributed by atoms with Crippen LogP contribution < -0.4 is 0 Å². The molecule has 5 nitrogen and oxygen atoms in total. The quantitative estimate of drug-likeness (QED) is 0.704. The fourth-order valence-corrected chi connectivity index (χ4v) is 3.90. The number of fused-ring (bicyclic) bond motifs is 1. The average molecular weight is 356 g/mol. The number of hydrogen-bond donors (Lipinski definition) is 0. The van der Waals surface area contributed by atoms with Crippen molar-refractivity contribution in [3.05, 3.63) is 65.8 Å². The van der Waals surface area contributed by atoms with E-state index in [0.29, 0.717) is 5.52 Å². The topological polar surface area (TPSA) is 55.2 Å². The second kappa shape index (κ2) is 6.61. The van der Waals surface area contributed by atoms with E-state index in [0.717, 1.165) is 27.0 Å². The van der Waals surface area contributed by atoms with E-state index in [1.165, 1.54) is 6.04 Å². The molecule has 0 fully saturated rings. The zero-order valence-electron chi connectivity index (χ0n) is 14.9. The summed E-state index contributed by atoms with van der Waals surface area (Å²) in [6.07, 6.45) is 2.42. The van der Waals surface area contributed by atoms with Gasteiger partial charge in [0, 0.05) is 11.4 Å². The first-order valence-corrected chi connectivity index (χ1v) is 9.52. The number of hydrogen-bond acceptors (Lipinski definition) is 4. The van der Waals surface area contributed by atoms with Crippen LogP contribution in [0.5, 0.6) is 0 Å². The van der Waals surface area contributed by atoms with Crippen molar-refractivity contribution < 1.29 is 8.42 Å². The van der Waals surface area contributed by atoms with Crippen LogP contribution in [0.4, 0.5) is 0 Å². The van der Waals surface area contributed by atoms with E-state index in [4.69, 9.17) is 0 Å². The Bertz CT molecular complexity index is 989. The zero-order chi connectivity index (χ0) is 18.2. The van der Waals surface area contributed by atoms with Crippen molar-refractivity contribution in [2.24, 2.45) is 0 Å². The van der Waals surface area contributed by atoms with Gasteiger partial charge in [-0.1, -0.05) is 23.8 Å². The van der Waals surface area contributed by atoms with Crippen LogP contribution in [0.2, 0.25) is 0 Å². The molecule has 2 aromatic carbocycles. The van der Waals surface area contributed by atoms with Crippen LogP contribution in [0.1, 0.15) is 18.1 Å². The lowest BCUT2D eigenvalue weighted by molar-refractivity contribution is 0.416. The van der Waals surface area contributed by atoms with Gasteiger partial charge in [0.2, 0.25) is 0 Å². The third-order valence-corrected chi connectivity index (χ3v) is 5.98. The van der Waals surface area contributed by atoms with Crippen LogP contribution in [-0.2, 0) is 16.4 Å². The Morgan fingerprint density at radius 3 is 2.44 bits per heavy atom. The maximum atomic E-state index is 12.9. The fourth-order valence-electron chi connectivity index (χ4n) is 2.62. The minimum Gasteiger partial charge on any atom is -0.302 e. The van der Waals surface area contributed by atoms with Crippen molar-refractivity contribution in [1.82, 2.24) is 14.1 Å². The van der Waals surface area contributed by atoms with E-state index in [-0.39, 0.29) is 4.90 Å². The molecule has 0 aliphatic carbocycles. The lowest BCUT2D eigenvalue weighted by atomic mass is 10.1. The van der Waals surface area contributed by atoms with Crippen LogP contribution >= 0.6 is 0 Å². The van der Waals surface area contributed by atoms with Gasteiger partial charge in [-0.3, -0.25) is 0 Å². The Labute approximate surface area is 148 Å². The predicted molar refractivity (Wildman–Crippen MR) is 99.8 cm³/mol. The summed E-state index contributed by atoms with van der Waals surface area (Å²) in [5.74, 6) is 0. The van der Waals surface area contributed by atoms with Gasteiger partial charge in [-0.2, -0.15) is 17.6 Å². The summed E-state index contributed by atoms with van der Waals surface area (Å²) in [4.78, 5) is 2.32. The highest BCUT2D eigenvalue weighted by Gasteiger charge is 2.20. The van der Waals surface area contributed by atoms with Gasteiger partial charge < -0.3 is 4.90 Å². The first-order chi connectivity index (χ1) is 11.8. The number of benzene rings is 2. The highest BCUT2D eigenvalue weighted by atomic mass is 32.2. The van der Waals surface area contributed by atoms with Gasteiger partial charge in [0.1, 0.15) is 0 Å².